The summed E-state index contributed by atoms with van der Waals surface area (Å²) in [6, 6.07) is 0.275. The van der Waals surface area contributed by atoms with Crippen molar-refractivity contribution in [2.75, 3.05) is 5.73 Å². The van der Waals surface area contributed by atoms with Crippen LogP contribution in [-0.4, -0.2) is 21.7 Å². The first kappa shape index (κ1) is 12.0. The summed E-state index contributed by atoms with van der Waals surface area (Å²) >= 11 is 0. The number of hydrogen-bond donors (Lipinski definition) is 2. The second-order valence-electron chi connectivity index (χ2n) is 4.94. The second-order valence-corrected chi connectivity index (χ2v) is 4.94. The van der Waals surface area contributed by atoms with Gasteiger partial charge < -0.3 is 11.1 Å². The summed E-state index contributed by atoms with van der Waals surface area (Å²) < 4.78 is 1.67. The number of nitrogens with one attached hydrogen (secondary N) is 1. The fraction of sp³-hybridized carbons (Fsp3) is 0.667. The lowest BCUT2D eigenvalue weighted by molar-refractivity contribution is -0.122. The first-order chi connectivity index (χ1) is 7.99. The highest BCUT2D eigenvalue weighted by molar-refractivity contribution is 5.76. The molecule has 1 fully saturated rings. The third-order valence-electron chi connectivity index (χ3n) is 3.45. The Balaban J connectivity index is 1.95. The number of nitrogens with two attached hydrogens (primary N) is 1. The van der Waals surface area contributed by atoms with Crippen LogP contribution in [0, 0.1) is 19.8 Å². The third-order valence-corrected chi connectivity index (χ3v) is 3.45. The Bertz CT molecular complexity index is 434. The van der Waals surface area contributed by atoms with Crippen LogP contribution in [0.2, 0.25) is 0 Å². The number of carbonyl (C=O) groups excluding carboxylic acids is 1. The van der Waals surface area contributed by atoms with Gasteiger partial charge in [0.25, 0.3) is 0 Å². The predicted octanol–water partition coefficient (Wildman–Crippen LogP) is 0.997. The molecular weight excluding hydrogens is 216 g/mol. The van der Waals surface area contributed by atoms with Gasteiger partial charge in [0.05, 0.1) is 17.1 Å². The van der Waals surface area contributed by atoms with Crippen LogP contribution in [0.3, 0.4) is 0 Å². The van der Waals surface area contributed by atoms with Crippen molar-refractivity contribution in [1.29, 1.82) is 0 Å². The van der Waals surface area contributed by atoms with Gasteiger partial charge in [-0.2, -0.15) is 5.10 Å². The van der Waals surface area contributed by atoms with Gasteiger partial charge in [0.1, 0.15) is 6.54 Å². The quantitative estimate of drug-likeness (QED) is 0.819. The molecule has 5 heteroatoms. The van der Waals surface area contributed by atoms with Crippen LogP contribution in [0.4, 0.5) is 5.69 Å². The topological polar surface area (TPSA) is 72.9 Å². The second kappa shape index (κ2) is 4.39. The van der Waals surface area contributed by atoms with E-state index < -0.39 is 0 Å². The first-order valence-electron chi connectivity index (χ1n) is 6.08. The Morgan fingerprint density at radius 1 is 1.59 bits per heavy atom. The molecule has 1 amide bonds. The molecule has 0 spiro atoms. The van der Waals surface area contributed by atoms with E-state index in [1.807, 2.05) is 13.8 Å². The Labute approximate surface area is 101 Å². The van der Waals surface area contributed by atoms with Crippen LogP contribution < -0.4 is 11.1 Å². The molecule has 94 valence electrons. The zero-order valence-corrected chi connectivity index (χ0v) is 10.7. The number of rotatable bonds is 4. The Hall–Kier alpha value is -1.52. The van der Waals surface area contributed by atoms with Crippen molar-refractivity contribution in [3.05, 3.63) is 11.4 Å². The molecular formula is C12H20N4O. The highest BCUT2D eigenvalue weighted by Crippen LogP contribution is 2.32. The summed E-state index contributed by atoms with van der Waals surface area (Å²) in [6.07, 6.45) is 2.46. The van der Waals surface area contributed by atoms with Crippen LogP contribution in [0.25, 0.3) is 0 Å². The van der Waals surface area contributed by atoms with Crippen molar-refractivity contribution in [2.45, 2.75) is 46.2 Å². The number of hydrogen-bond acceptors (Lipinski definition) is 3. The zero-order chi connectivity index (χ0) is 12.6. The molecule has 0 aliphatic heterocycles. The largest absolute Gasteiger partial charge is 0.396 e. The van der Waals surface area contributed by atoms with Crippen molar-refractivity contribution in [2.24, 2.45) is 5.92 Å². The van der Waals surface area contributed by atoms with Crippen molar-refractivity contribution in [3.8, 4) is 0 Å². The average Bonchev–Trinajstić information content (AvgIpc) is 3.06. The maximum absolute atomic E-state index is 11.8. The minimum Gasteiger partial charge on any atom is -0.396 e. The van der Waals surface area contributed by atoms with E-state index in [4.69, 9.17) is 5.73 Å². The monoisotopic (exact) mass is 236 g/mol. The zero-order valence-electron chi connectivity index (χ0n) is 10.7. The molecule has 1 aromatic rings. The lowest BCUT2D eigenvalue weighted by Crippen LogP contribution is -2.36. The normalized spacial score (nSPS) is 16.9. The molecule has 0 aromatic carbocycles. The van der Waals surface area contributed by atoms with Crippen molar-refractivity contribution in [1.82, 2.24) is 15.1 Å². The summed E-state index contributed by atoms with van der Waals surface area (Å²) in [4.78, 5) is 11.8. The van der Waals surface area contributed by atoms with Crippen LogP contribution >= 0.6 is 0 Å². The third kappa shape index (κ3) is 2.60. The van der Waals surface area contributed by atoms with Gasteiger partial charge in [-0.15, -0.1) is 0 Å². The van der Waals surface area contributed by atoms with E-state index in [0.717, 1.165) is 11.4 Å². The minimum atomic E-state index is 0.00926. The molecule has 1 aliphatic carbocycles. The van der Waals surface area contributed by atoms with Crippen LogP contribution in [0.5, 0.6) is 0 Å². The number of nitrogens with zero attached hydrogens (tertiary/aromatic N) is 2. The smallest absolute Gasteiger partial charge is 0.241 e. The summed E-state index contributed by atoms with van der Waals surface area (Å²) in [6.45, 7) is 6.04. The lowest BCUT2D eigenvalue weighted by Gasteiger charge is -2.13. The standard InChI is InChI=1S/C12H20N4O/c1-7(10-4-5-10)14-11(17)6-16-9(3)12(13)8(2)15-16/h7,10H,4-6,13H2,1-3H3,(H,14,17). The molecule has 5 nitrogen and oxygen atoms in total. The fourth-order valence-electron chi connectivity index (χ4n) is 2.01. The van der Waals surface area contributed by atoms with E-state index >= 15 is 0 Å². The molecule has 0 bridgehead atoms. The average molecular weight is 236 g/mol. The van der Waals surface area contributed by atoms with Crippen LogP contribution in [-0.2, 0) is 11.3 Å². The van der Waals surface area contributed by atoms with Gasteiger partial charge in [-0.1, -0.05) is 0 Å². The molecule has 3 N–H and O–H groups in total. The summed E-state index contributed by atoms with van der Waals surface area (Å²) in [5.74, 6) is 0.680. The number of aromatic nitrogens is 2. The van der Waals surface area contributed by atoms with Gasteiger partial charge in [0, 0.05) is 6.04 Å². The molecule has 1 heterocycles. The number of aryl methyl sites for hydroxylation is 1. The molecule has 0 radical (unpaired) electrons. The van der Waals surface area contributed by atoms with Crippen molar-refractivity contribution in [3.63, 3.8) is 0 Å². The molecule has 1 atom stereocenters. The molecule has 1 unspecified atom stereocenters. The Morgan fingerprint density at radius 3 is 2.71 bits per heavy atom. The van der Waals surface area contributed by atoms with E-state index in [0.29, 0.717) is 11.6 Å². The minimum absolute atomic E-state index is 0.00926. The van der Waals surface area contributed by atoms with E-state index in [-0.39, 0.29) is 18.5 Å². The summed E-state index contributed by atoms with van der Waals surface area (Å²) in [5, 5.41) is 7.25. The highest BCUT2D eigenvalue weighted by atomic mass is 16.2. The van der Waals surface area contributed by atoms with Crippen molar-refractivity contribution >= 4 is 11.6 Å². The number of anilines is 1. The number of carbonyl (C=O) groups is 1. The van der Waals surface area contributed by atoms with E-state index in [1.165, 1.54) is 12.8 Å². The predicted molar refractivity (Wildman–Crippen MR) is 66.4 cm³/mol. The van der Waals surface area contributed by atoms with Crippen molar-refractivity contribution < 1.29 is 4.79 Å². The molecule has 1 aromatic heterocycles. The maximum Gasteiger partial charge on any atom is 0.241 e. The molecule has 0 saturated heterocycles. The van der Waals surface area contributed by atoms with Gasteiger partial charge >= 0.3 is 0 Å². The van der Waals surface area contributed by atoms with Gasteiger partial charge in [-0.3, -0.25) is 9.48 Å². The van der Waals surface area contributed by atoms with E-state index in [1.54, 1.807) is 4.68 Å². The van der Waals surface area contributed by atoms with E-state index in [9.17, 15) is 4.79 Å². The summed E-state index contributed by atoms with van der Waals surface area (Å²) in [5.41, 5.74) is 8.14. The molecule has 1 saturated carbocycles. The molecule has 17 heavy (non-hydrogen) atoms. The fourth-order valence-corrected chi connectivity index (χ4v) is 2.01. The van der Waals surface area contributed by atoms with Gasteiger partial charge in [-0.05, 0) is 39.5 Å². The Kier molecular flexibility index (Phi) is 3.09. The van der Waals surface area contributed by atoms with Gasteiger partial charge in [0.2, 0.25) is 5.91 Å². The highest BCUT2D eigenvalue weighted by Gasteiger charge is 2.28. The SMILES string of the molecule is Cc1nn(CC(=O)NC(C)C2CC2)c(C)c1N. The maximum atomic E-state index is 11.8. The number of amides is 1. The van der Waals surface area contributed by atoms with E-state index in [2.05, 4.69) is 17.3 Å². The Morgan fingerprint density at radius 2 is 2.24 bits per heavy atom. The van der Waals surface area contributed by atoms with Gasteiger partial charge in [-0.25, -0.2) is 0 Å². The molecule has 2 rings (SSSR count). The first-order valence-corrected chi connectivity index (χ1v) is 6.08. The van der Waals surface area contributed by atoms with Crippen LogP contribution in [0.1, 0.15) is 31.2 Å². The molecule has 1 aliphatic rings. The van der Waals surface area contributed by atoms with Gasteiger partial charge in [0.15, 0.2) is 0 Å². The number of nitrogen functional groups attached to an aromatic ring is 1. The lowest BCUT2D eigenvalue weighted by atomic mass is 10.2. The summed E-state index contributed by atoms with van der Waals surface area (Å²) in [7, 11) is 0. The van der Waals surface area contributed by atoms with Crippen LogP contribution in [0.15, 0.2) is 0 Å².